The maximum atomic E-state index is 13.4. The number of carbonyl (C=O) groups is 1. The molecule has 2 aliphatic heterocycles. The summed E-state index contributed by atoms with van der Waals surface area (Å²) in [6.45, 7) is 8.22. The number of hydrogen-bond donors (Lipinski definition) is 2. The van der Waals surface area contributed by atoms with E-state index in [9.17, 15) is 4.79 Å². The molecular weight excluding hydrogens is 462 g/mol. The largest absolute Gasteiger partial charge is 0.490 e. The average Bonchev–Trinajstić information content (AvgIpc) is 3.24. The number of rotatable bonds is 9. The van der Waals surface area contributed by atoms with E-state index in [1.807, 2.05) is 56.3 Å². The van der Waals surface area contributed by atoms with Crippen molar-refractivity contribution < 1.29 is 14.3 Å². The highest BCUT2D eigenvalue weighted by Crippen LogP contribution is 2.43. The van der Waals surface area contributed by atoms with Gasteiger partial charge in [-0.15, -0.1) is 0 Å². The van der Waals surface area contributed by atoms with Gasteiger partial charge in [0.15, 0.2) is 11.5 Å². The summed E-state index contributed by atoms with van der Waals surface area (Å²) >= 11 is 0. The molecule has 0 spiro atoms. The molecule has 0 aromatic heterocycles. The Morgan fingerprint density at radius 2 is 1.57 bits per heavy atom. The van der Waals surface area contributed by atoms with Crippen molar-refractivity contribution in [1.29, 1.82) is 0 Å². The number of carbonyl (C=O) groups excluding carboxylic acids is 1. The average molecular weight is 498 g/mol. The van der Waals surface area contributed by atoms with Crippen molar-refractivity contribution in [3.8, 4) is 11.5 Å². The molecular formula is C31H35N3O3. The van der Waals surface area contributed by atoms with Crippen LogP contribution in [0.2, 0.25) is 0 Å². The molecule has 0 atom stereocenters. The summed E-state index contributed by atoms with van der Waals surface area (Å²) in [5.74, 6) is 1.11. The summed E-state index contributed by atoms with van der Waals surface area (Å²) in [6, 6.07) is 22.3. The van der Waals surface area contributed by atoms with Gasteiger partial charge in [0.2, 0.25) is 0 Å². The van der Waals surface area contributed by atoms with Crippen LogP contribution in [-0.4, -0.2) is 37.1 Å². The second-order valence-electron chi connectivity index (χ2n) is 9.44. The van der Waals surface area contributed by atoms with E-state index in [2.05, 4.69) is 39.8 Å². The van der Waals surface area contributed by atoms with Crippen molar-refractivity contribution in [1.82, 2.24) is 4.90 Å². The van der Waals surface area contributed by atoms with Gasteiger partial charge in [0, 0.05) is 23.9 Å². The molecule has 1 fully saturated rings. The van der Waals surface area contributed by atoms with Gasteiger partial charge in [-0.1, -0.05) is 48.9 Å². The Morgan fingerprint density at radius 1 is 0.892 bits per heavy atom. The van der Waals surface area contributed by atoms with Gasteiger partial charge in [0.1, 0.15) is 0 Å². The van der Waals surface area contributed by atoms with E-state index in [1.54, 1.807) is 0 Å². The van der Waals surface area contributed by atoms with Gasteiger partial charge < -0.3 is 20.1 Å². The SMILES string of the molecule is CCOc1cc2c(cc1OCC)/C(=C(/Nc1ccc(CN3CCCCC3)cc1)c1ccccc1)C(=O)N2. The first-order chi connectivity index (χ1) is 18.2. The fourth-order valence-electron chi connectivity index (χ4n) is 5.06. The Bertz CT molecular complexity index is 1260. The minimum atomic E-state index is -0.154. The summed E-state index contributed by atoms with van der Waals surface area (Å²) < 4.78 is 11.6. The Morgan fingerprint density at radius 3 is 2.24 bits per heavy atom. The predicted molar refractivity (Wildman–Crippen MR) is 150 cm³/mol. The van der Waals surface area contributed by atoms with Crippen LogP contribution in [-0.2, 0) is 11.3 Å². The number of nitrogens with zero attached hydrogens (tertiary/aromatic N) is 1. The standard InChI is InChI=1S/C31H35N3O3/c1-3-36-27-19-25-26(20-28(27)37-4-2)33-31(35)29(25)30(23-11-7-5-8-12-23)32-24-15-13-22(14-16-24)21-34-17-9-6-10-18-34/h5,7-8,11-16,19-20,32H,3-4,6,9-10,17-18,21H2,1-2H3,(H,33,35)/b30-29-. The second kappa shape index (κ2) is 11.5. The molecule has 6 heteroatoms. The van der Waals surface area contributed by atoms with E-state index in [1.165, 1.54) is 37.9 Å². The van der Waals surface area contributed by atoms with Gasteiger partial charge in [-0.2, -0.15) is 0 Å². The zero-order valence-electron chi connectivity index (χ0n) is 21.7. The molecule has 192 valence electrons. The summed E-state index contributed by atoms with van der Waals surface area (Å²) in [7, 11) is 0. The maximum absolute atomic E-state index is 13.4. The van der Waals surface area contributed by atoms with E-state index in [-0.39, 0.29) is 5.91 Å². The third kappa shape index (κ3) is 5.65. The van der Waals surface area contributed by atoms with Crippen LogP contribution in [0.5, 0.6) is 11.5 Å². The smallest absolute Gasteiger partial charge is 0.258 e. The van der Waals surface area contributed by atoms with Crippen LogP contribution < -0.4 is 20.1 Å². The van der Waals surface area contributed by atoms with Crippen molar-refractivity contribution >= 4 is 28.6 Å². The number of fused-ring (bicyclic) bond motifs is 1. The van der Waals surface area contributed by atoms with Crippen molar-refractivity contribution in [3.05, 3.63) is 83.4 Å². The molecule has 1 saturated heterocycles. The highest BCUT2D eigenvalue weighted by atomic mass is 16.5. The number of likely N-dealkylation sites (tertiary alicyclic amines) is 1. The first-order valence-electron chi connectivity index (χ1n) is 13.3. The van der Waals surface area contributed by atoms with Crippen molar-refractivity contribution in [3.63, 3.8) is 0 Å². The van der Waals surface area contributed by atoms with Gasteiger partial charge >= 0.3 is 0 Å². The lowest BCUT2D eigenvalue weighted by atomic mass is 9.99. The molecule has 0 radical (unpaired) electrons. The lowest BCUT2D eigenvalue weighted by Gasteiger charge is -2.26. The molecule has 0 aliphatic carbocycles. The van der Waals surface area contributed by atoms with Crippen LogP contribution in [0.3, 0.4) is 0 Å². The molecule has 0 bridgehead atoms. The third-order valence-corrected chi connectivity index (χ3v) is 6.82. The second-order valence-corrected chi connectivity index (χ2v) is 9.44. The van der Waals surface area contributed by atoms with Gasteiger partial charge in [-0.25, -0.2) is 0 Å². The number of hydrogen-bond acceptors (Lipinski definition) is 5. The van der Waals surface area contributed by atoms with Crippen LogP contribution in [0.1, 0.15) is 49.8 Å². The van der Waals surface area contributed by atoms with Crippen LogP contribution in [0, 0.1) is 0 Å². The Labute approximate surface area is 219 Å². The molecule has 1 amide bonds. The number of amides is 1. The highest BCUT2D eigenvalue weighted by Gasteiger charge is 2.30. The summed E-state index contributed by atoms with van der Waals surface area (Å²) in [5, 5.41) is 6.59. The molecule has 6 nitrogen and oxygen atoms in total. The minimum Gasteiger partial charge on any atom is -0.490 e. The summed E-state index contributed by atoms with van der Waals surface area (Å²) in [5.41, 5.74) is 6.03. The maximum Gasteiger partial charge on any atom is 0.258 e. The number of piperidine rings is 1. The first kappa shape index (κ1) is 24.9. The zero-order chi connectivity index (χ0) is 25.6. The van der Waals surface area contributed by atoms with E-state index >= 15 is 0 Å². The quantitative estimate of drug-likeness (QED) is 0.335. The van der Waals surface area contributed by atoms with Gasteiger partial charge in [-0.3, -0.25) is 9.69 Å². The molecule has 3 aromatic carbocycles. The van der Waals surface area contributed by atoms with Gasteiger partial charge in [0.05, 0.1) is 30.2 Å². The molecule has 3 aromatic rings. The van der Waals surface area contributed by atoms with E-state index in [0.29, 0.717) is 30.3 Å². The van der Waals surface area contributed by atoms with Crippen LogP contribution in [0.15, 0.2) is 66.7 Å². The lowest BCUT2D eigenvalue weighted by molar-refractivity contribution is -0.110. The minimum absolute atomic E-state index is 0.154. The van der Waals surface area contributed by atoms with Crippen molar-refractivity contribution in [2.45, 2.75) is 39.7 Å². The fraction of sp³-hybridized carbons (Fsp3) is 0.323. The van der Waals surface area contributed by atoms with Gasteiger partial charge in [0.25, 0.3) is 5.91 Å². The van der Waals surface area contributed by atoms with E-state index in [0.717, 1.165) is 34.7 Å². The molecule has 2 aliphatic rings. The fourth-order valence-corrected chi connectivity index (χ4v) is 5.06. The Balaban J connectivity index is 1.51. The first-order valence-corrected chi connectivity index (χ1v) is 13.3. The van der Waals surface area contributed by atoms with Crippen LogP contribution in [0.4, 0.5) is 11.4 Å². The highest BCUT2D eigenvalue weighted by molar-refractivity contribution is 6.37. The van der Waals surface area contributed by atoms with E-state index < -0.39 is 0 Å². The summed E-state index contributed by atoms with van der Waals surface area (Å²) in [4.78, 5) is 15.9. The lowest BCUT2D eigenvalue weighted by Crippen LogP contribution is -2.29. The summed E-state index contributed by atoms with van der Waals surface area (Å²) in [6.07, 6.45) is 3.91. The normalized spacial score (nSPS) is 16.6. The van der Waals surface area contributed by atoms with Gasteiger partial charge in [-0.05, 0) is 69.1 Å². The number of ether oxygens (including phenoxy) is 2. The predicted octanol–water partition coefficient (Wildman–Crippen LogP) is 6.40. The molecule has 37 heavy (non-hydrogen) atoms. The molecule has 2 N–H and O–H groups in total. The molecule has 0 unspecified atom stereocenters. The number of anilines is 2. The van der Waals surface area contributed by atoms with Crippen molar-refractivity contribution in [2.75, 3.05) is 36.9 Å². The Hall–Kier alpha value is -3.77. The van der Waals surface area contributed by atoms with E-state index in [4.69, 9.17) is 9.47 Å². The third-order valence-electron chi connectivity index (χ3n) is 6.82. The molecule has 5 rings (SSSR count). The Kier molecular flexibility index (Phi) is 7.76. The molecule has 2 heterocycles. The number of benzene rings is 3. The zero-order valence-corrected chi connectivity index (χ0v) is 21.7. The topological polar surface area (TPSA) is 62.8 Å². The molecule has 0 saturated carbocycles. The number of nitrogens with one attached hydrogen (secondary N) is 2. The van der Waals surface area contributed by atoms with Crippen molar-refractivity contribution in [2.24, 2.45) is 0 Å². The van der Waals surface area contributed by atoms with Crippen LogP contribution in [0.25, 0.3) is 11.3 Å². The van der Waals surface area contributed by atoms with Crippen LogP contribution >= 0.6 is 0 Å². The monoisotopic (exact) mass is 497 g/mol.